The van der Waals surface area contributed by atoms with Gasteiger partial charge in [0.1, 0.15) is 29.4 Å². The van der Waals surface area contributed by atoms with E-state index in [1.807, 2.05) is 56.2 Å². The van der Waals surface area contributed by atoms with Crippen LogP contribution >= 0.6 is 0 Å². The van der Waals surface area contributed by atoms with Gasteiger partial charge in [0.25, 0.3) is 0 Å². The van der Waals surface area contributed by atoms with Crippen LogP contribution in [-0.4, -0.2) is 51.7 Å². The summed E-state index contributed by atoms with van der Waals surface area (Å²) in [7, 11) is 0. The summed E-state index contributed by atoms with van der Waals surface area (Å²) in [6.45, 7) is 7.04. The number of carbonyl (C=O) groups is 1. The number of dihydropyridines is 1. The van der Waals surface area contributed by atoms with Crippen molar-refractivity contribution in [2.75, 3.05) is 19.7 Å². The number of hydrogen-bond donors (Lipinski definition) is 2. The molecule has 1 atom stereocenters. The minimum absolute atomic E-state index is 0.145. The highest BCUT2D eigenvalue weighted by molar-refractivity contribution is 5.74. The molecule has 1 amide bonds. The molecular formula is C25H32FN5O3. The largest absolute Gasteiger partial charge is 0.489 e. The van der Waals surface area contributed by atoms with Gasteiger partial charge in [-0.1, -0.05) is 12.1 Å². The van der Waals surface area contributed by atoms with E-state index in [2.05, 4.69) is 10.4 Å². The van der Waals surface area contributed by atoms with E-state index in [1.54, 1.807) is 17.0 Å². The summed E-state index contributed by atoms with van der Waals surface area (Å²) in [5, 5.41) is 7.72. The Hall–Kier alpha value is -3.33. The van der Waals surface area contributed by atoms with Gasteiger partial charge in [0.2, 0.25) is 0 Å². The monoisotopic (exact) mass is 469 g/mol. The number of halogens is 1. The summed E-state index contributed by atoms with van der Waals surface area (Å²) in [5.74, 6) is 0.0687. The second-order valence-electron chi connectivity index (χ2n) is 9.77. The van der Waals surface area contributed by atoms with Crippen LogP contribution in [-0.2, 0) is 4.74 Å². The van der Waals surface area contributed by atoms with Gasteiger partial charge in [-0.05, 0) is 51.8 Å². The highest BCUT2D eigenvalue weighted by atomic mass is 19.1. The highest BCUT2D eigenvalue weighted by Crippen LogP contribution is 2.26. The van der Waals surface area contributed by atoms with Crippen molar-refractivity contribution < 1.29 is 18.7 Å². The maximum atomic E-state index is 13.3. The molecule has 34 heavy (non-hydrogen) atoms. The van der Waals surface area contributed by atoms with E-state index in [4.69, 9.17) is 15.2 Å². The van der Waals surface area contributed by atoms with Crippen LogP contribution < -0.4 is 15.8 Å². The molecule has 9 heteroatoms. The third-order valence-electron chi connectivity index (χ3n) is 5.76. The average Bonchev–Trinajstić information content (AvgIpc) is 3.28. The zero-order valence-electron chi connectivity index (χ0n) is 19.8. The second-order valence-corrected chi connectivity index (χ2v) is 9.77. The molecule has 1 saturated heterocycles. The number of hydrogen-bond acceptors (Lipinski definition) is 6. The molecule has 0 aliphatic carbocycles. The fourth-order valence-electron chi connectivity index (χ4n) is 3.90. The van der Waals surface area contributed by atoms with Gasteiger partial charge < -0.3 is 25.4 Å². The first-order valence-electron chi connectivity index (χ1n) is 11.5. The lowest BCUT2D eigenvalue weighted by molar-refractivity contribution is 0.0185. The van der Waals surface area contributed by atoms with Crippen molar-refractivity contribution in [3.05, 3.63) is 66.4 Å². The number of allylic oxidation sites excluding steroid dienone is 2. The summed E-state index contributed by atoms with van der Waals surface area (Å²) in [5.41, 5.74) is 6.88. The van der Waals surface area contributed by atoms with E-state index in [-0.39, 0.29) is 24.6 Å². The molecule has 0 spiro atoms. The number of likely N-dealkylation sites (tertiary alicyclic amines) is 1. The Labute approximate surface area is 199 Å². The van der Waals surface area contributed by atoms with Crippen molar-refractivity contribution in [1.82, 2.24) is 20.0 Å². The maximum absolute atomic E-state index is 13.3. The zero-order chi connectivity index (χ0) is 24.3. The van der Waals surface area contributed by atoms with Gasteiger partial charge in [-0.25, -0.2) is 9.18 Å². The number of amides is 1. The normalized spacial score (nSPS) is 21.1. The Bertz CT molecular complexity index is 1080. The smallest absolute Gasteiger partial charge is 0.410 e. The summed E-state index contributed by atoms with van der Waals surface area (Å²) in [6.07, 6.45) is 10.8. The SMILES string of the molecule is CC(C)(C)OC(=O)N1CCC(n2cc(C3=CNC(N)(COc4cccc(F)c4)C=C3)cn2)CC1. The molecule has 1 aromatic heterocycles. The molecule has 2 aliphatic heterocycles. The number of ether oxygens (including phenoxy) is 2. The Morgan fingerprint density at radius 3 is 2.74 bits per heavy atom. The van der Waals surface area contributed by atoms with Crippen molar-refractivity contribution in [3.63, 3.8) is 0 Å². The quantitative estimate of drug-likeness (QED) is 0.691. The molecule has 0 saturated carbocycles. The summed E-state index contributed by atoms with van der Waals surface area (Å²) in [4.78, 5) is 14.0. The molecule has 4 rings (SSSR count). The van der Waals surface area contributed by atoms with Crippen LogP contribution in [0.3, 0.4) is 0 Å². The van der Waals surface area contributed by atoms with Crippen molar-refractivity contribution in [2.24, 2.45) is 5.73 Å². The van der Waals surface area contributed by atoms with Crippen molar-refractivity contribution >= 4 is 11.7 Å². The molecule has 8 nitrogen and oxygen atoms in total. The Morgan fingerprint density at radius 1 is 1.32 bits per heavy atom. The number of piperidine rings is 1. The summed E-state index contributed by atoms with van der Waals surface area (Å²) >= 11 is 0. The van der Waals surface area contributed by atoms with E-state index >= 15 is 0 Å². The van der Waals surface area contributed by atoms with E-state index in [0.717, 1.165) is 24.0 Å². The van der Waals surface area contributed by atoms with Gasteiger partial charge in [0, 0.05) is 42.7 Å². The number of carbonyl (C=O) groups excluding carboxylic acids is 1. The number of nitrogens with two attached hydrogens (primary N) is 1. The number of rotatable bonds is 5. The molecular weight excluding hydrogens is 437 g/mol. The van der Waals surface area contributed by atoms with E-state index in [1.165, 1.54) is 12.1 Å². The predicted octanol–water partition coefficient (Wildman–Crippen LogP) is 3.83. The fraction of sp³-hybridized carbons (Fsp3) is 0.440. The first-order valence-corrected chi connectivity index (χ1v) is 11.5. The molecule has 182 valence electrons. The third-order valence-corrected chi connectivity index (χ3v) is 5.76. The Kier molecular flexibility index (Phi) is 6.65. The summed E-state index contributed by atoms with van der Waals surface area (Å²) < 4.78 is 26.4. The number of aromatic nitrogens is 2. The van der Waals surface area contributed by atoms with Gasteiger partial charge in [-0.2, -0.15) is 5.10 Å². The highest BCUT2D eigenvalue weighted by Gasteiger charge is 2.28. The van der Waals surface area contributed by atoms with Gasteiger partial charge in [0.15, 0.2) is 0 Å². The molecule has 1 unspecified atom stereocenters. The van der Waals surface area contributed by atoms with Gasteiger partial charge in [-0.15, -0.1) is 0 Å². The number of benzene rings is 1. The van der Waals surface area contributed by atoms with Crippen molar-refractivity contribution in [1.29, 1.82) is 0 Å². The third kappa shape index (κ3) is 5.96. The Morgan fingerprint density at radius 2 is 2.09 bits per heavy atom. The van der Waals surface area contributed by atoms with Crippen LogP contribution in [0.15, 0.2) is 55.0 Å². The first-order chi connectivity index (χ1) is 16.1. The molecule has 0 radical (unpaired) electrons. The van der Waals surface area contributed by atoms with Crippen molar-refractivity contribution in [3.8, 4) is 5.75 Å². The minimum atomic E-state index is -0.902. The first kappa shape index (κ1) is 23.8. The van der Waals surface area contributed by atoms with Crippen LogP contribution in [0.1, 0.15) is 45.2 Å². The van der Waals surface area contributed by atoms with Crippen LogP contribution in [0.25, 0.3) is 5.57 Å². The predicted molar refractivity (Wildman–Crippen MR) is 127 cm³/mol. The number of nitrogens with zero attached hydrogens (tertiary/aromatic N) is 3. The lowest BCUT2D eigenvalue weighted by Gasteiger charge is -2.33. The molecule has 2 aliphatic rings. The number of nitrogens with one attached hydrogen (secondary N) is 1. The topological polar surface area (TPSA) is 94.6 Å². The molecule has 1 aromatic carbocycles. The van der Waals surface area contributed by atoms with Gasteiger partial charge in [0.05, 0.1) is 12.2 Å². The minimum Gasteiger partial charge on any atom is -0.489 e. The molecule has 1 fully saturated rings. The maximum Gasteiger partial charge on any atom is 0.410 e. The molecule has 3 heterocycles. The lowest BCUT2D eigenvalue weighted by atomic mass is 10.0. The van der Waals surface area contributed by atoms with Crippen LogP contribution in [0.4, 0.5) is 9.18 Å². The molecule has 0 bridgehead atoms. The molecule has 3 N–H and O–H groups in total. The van der Waals surface area contributed by atoms with Gasteiger partial charge in [-0.3, -0.25) is 4.68 Å². The van der Waals surface area contributed by atoms with E-state index < -0.39 is 11.3 Å². The van der Waals surface area contributed by atoms with Crippen LogP contribution in [0.2, 0.25) is 0 Å². The van der Waals surface area contributed by atoms with E-state index in [9.17, 15) is 9.18 Å². The fourth-order valence-corrected chi connectivity index (χ4v) is 3.90. The Balaban J connectivity index is 1.30. The molecule has 2 aromatic rings. The second kappa shape index (κ2) is 9.50. The van der Waals surface area contributed by atoms with Crippen LogP contribution in [0.5, 0.6) is 5.75 Å². The standard InChI is InChI=1S/C25H32FN5O3/c1-24(2,3)34-23(32)30-11-8-21(9-12-30)31-16-19(15-29-31)18-7-10-25(27,28-14-18)17-33-22-6-4-5-20(26)13-22/h4-7,10,13-16,21,28H,8-9,11-12,17,27H2,1-3H3. The average molecular weight is 470 g/mol. The summed E-state index contributed by atoms with van der Waals surface area (Å²) in [6, 6.07) is 6.19. The van der Waals surface area contributed by atoms with Crippen LogP contribution in [0, 0.1) is 5.82 Å². The lowest BCUT2D eigenvalue weighted by Crippen LogP contribution is -2.55. The van der Waals surface area contributed by atoms with Gasteiger partial charge >= 0.3 is 6.09 Å². The van der Waals surface area contributed by atoms with Crippen molar-refractivity contribution in [2.45, 2.75) is 50.9 Å². The zero-order valence-corrected chi connectivity index (χ0v) is 19.8. The van der Waals surface area contributed by atoms with E-state index in [0.29, 0.717) is 18.8 Å².